The van der Waals surface area contributed by atoms with Gasteiger partial charge >= 0.3 is 0 Å². The first kappa shape index (κ1) is 18.6. The highest BCUT2D eigenvalue weighted by Gasteiger charge is 2.08. The van der Waals surface area contributed by atoms with Gasteiger partial charge in [-0.1, -0.05) is 18.2 Å². The number of ether oxygens (including phenoxy) is 1. The Bertz CT molecular complexity index is 858. The number of aromatic nitrogens is 3. The molecule has 0 saturated heterocycles. The Morgan fingerprint density at radius 1 is 1.00 bits per heavy atom. The van der Waals surface area contributed by atoms with Crippen LogP contribution in [0.15, 0.2) is 54.7 Å². The summed E-state index contributed by atoms with van der Waals surface area (Å²) in [6.45, 7) is 1.32. The first-order valence-electron chi connectivity index (χ1n) is 8.80. The van der Waals surface area contributed by atoms with Crippen molar-refractivity contribution >= 4 is 11.8 Å². The normalized spacial score (nSPS) is 10.4. The van der Waals surface area contributed by atoms with Crippen LogP contribution in [0.3, 0.4) is 0 Å². The van der Waals surface area contributed by atoms with E-state index < -0.39 is 0 Å². The maximum Gasteiger partial charge on any atom is 0.225 e. The van der Waals surface area contributed by atoms with Crippen LogP contribution in [0.4, 0.5) is 11.8 Å². The van der Waals surface area contributed by atoms with Crippen LogP contribution in [-0.4, -0.2) is 40.3 Å². The molecule has 3 aromatic rings. The third-order valence-electron chi connectivity index (χ3n) is 3.88. The predicted molar refractivity (Wildman–Crippen MR) is 106 cm³/mol. The van der Waals surface area contributed by atoms with Crippen LogP contribution in [0.5, 0.6) is 5.75 Å². The van der Waals surface area contributed by atoms with Gasteiger partial charge in [0.2, 0.25) is 5.95 Å². The second-order valence-electron chi connectivity index (χ2n) is 5.89. The van der Waals surface area contributed by atoms with Gasteiger partial charge in [0.05, 0.1) is 18.5 Å². The van der Waals surface area contributed by atoms with Crippen molar-refractivity contribution in [1.82, 2.24) is 15.0 Å². The number of methoxy groups -OCH3 is 1. The fourth-order valence-corrected chi connectivity index (χ4v) is 2.52. The molecule has 0 aliphatic rings. The summed E-state index contributed by atoms with van der Waals surface area (Å²) >= 11 is 0. The average Bonchev–Trinajstić information content (AvgIpc) is 2.73. The van der Waals surface area contributed by atoms with Crippen LogP contribution >= 0.6 is 0 Å². The van der Waals surface area contributed by atoms with Gasteiger partial charge < -0.3 is 20.5 Å². The van der Waals surface area contributed by atoms with E-state index >= 15 is 0 Å². The van der Waals surface area contributed by atoms with Gasteiger partial charge in [-0.3, -0.25) is 4.98 Å². The molecule has 0 radical (unpaired) electrons. The number of hydrogen-bond acceptors (Lipinski definition) is 7. The van der Waals surface area contributed by atoms with E-state index in [9.17, 15) is 0 Å². The lowest BCUT2D eigenvalue weighted by atomic mass is 10.2. The molecule has 140 valence electrons. The van der Waals surface area contributed by atoms with E-state index in [-0.39, 0.29) is 6.61 Å². The molecule has 0 aliphatic heterocycles. The van der Waals surface area contributed by atoms with Crippen LogP contribution in [-0.2, 0) is 6.54 Å². The number of hydrogen-bond donors (Lipinski definition) is 3. The SMILES string of the molecule is COc1cccc(CNc2cc(-c3ccccn3)nc(NCCCO)n2)c1. The van der Waals surface area contributed by atoms with Gasteiger partial charge in [0.1, 0.15) is 11.6 Å². The summed E-state index contributed by atoms with van der Waals surface area (Å²) in [6.07, 6.45) is 2.36. The smallest absolute Gasteiger partial charge is 0.225 e. The van der Waals surface area contributed by atoms with Crippen molar-refractivity contribution in [1.29, 1.82) is 0 Å². The van der Waals surface area contributed by atoms with Gasteiger partial charge in [-0.05, 0) is 36.2 Å². The van der Waals surface area contributed by atoms with Crippen molar-refractivity contribution in [2.24, 2.45) is 0 Å². The summed E-state index contributed by atoms with van der Waals surface area (Å²) in [4.78, 5) is 13.4. The largest absolute Gasteiger partial charge is 0.497 e. The Hall–Kier alpha value is -3.19. The Morgan fingerprint density at radius 2 is 1.93 bits per heavy atom. The lowest BCUT2D eigenvalue weighted by Crippen LogP contribution is -2.10. The summed E-state index contributed by atoms with van der Waals surface area (Å²) in [5, 5.41) is 15.4. The highest BCUT2D eigenvalue weighted by Crippen LogP contribution is 2.20. The van der Waals surface area contributed by atoms with Crippen LogP contribution in [0, 0.1) is 0 Å². The molecule has 7 heteroatoms. The first-order valence-corrected chi connectivity index (χ1v) is 8.80. The van der Waals surface area contributed by atoms with Crippen LogP contribution in [0.2, 0.25) is 0 Å². The lowest BCUT2D eigenvalue weighted by Gasteiger charge is -2.11. The number of nitrogens with zero attached hydrogens (tertiary/aromatic N) is 3. The molecule has 0 aliphatic carbocycles. The quantitative estimate of drug-likeness (QED) is 0.502. The topological polar surface area (TPSA) is 92.2 Å². The second kappa shape index (κ2) is 9.49. The van der Waals surface area contributed by atoms with Gasteiger partial charge in [0.25, 0.3) is 0 Å². The Balaban J connectivity index is 1.80. The zero-order chi connectivity index (χ0) is 18.9. The standard InChI is InChI=1S/C20H23N5O2/c1-27-16-7-4-6-15(12-16)14-23-19-13-18(17-8-2-3-9-21-17)24-20(25-19)22-10-5-11-26/h2-4,6-9,12-13,26H,5,10-11,14H2,1H3,(H2,22,23,24,25). The maximum atomic E-state index is 8.97. The van der Waals surface area contributed by atoms with E-state index in [4.69, 9.17) is 9.84 Å². The van der Waals surface area contributed by atoms with Crippen molar-refractivity contribution in [2.75, 3.05) is 30.9 Å². The van der Waals surface area contributed by atoms with E-state index in [0.29, 0.717) is 31.3 Å². The minimum absolute atomic E-state index is 0.119. The molecular weight excluding hydrogens is 342 g/mol. The number of pyridine rings is 1. The zero-order valence-electron chi connectivity index (χ0n) is 15.2. The molecule has 0 unspecified atom stereocenters. The monoisotopic (exact) mass is 365 g/mol. The van der Waals surface area contributed by atoms with Gasteiger partial charge in [0, 0.05) is 32.0 Å². The molecule has 3 N–H and O–H groups in total. The highest BCUT2D eigenvalue weighted by molar-refractivity contribution is 5.61. The van der Waals surface area contributed by atoms with Crippen molar-refractivity contribution < 1.29 is 9.84 Å². The molecule has 0 spiro atoms. The number of aliphatic hydroxyl groups excluding tert-OH is 1. The summed E-state index contributed by atoms with van der Waals surface area (Å²) in [7, 11) is 1.65. The van der Waals surface area contributed by atoms with E-state index in [1.165, 1.54) is 0 Å². The molecule has 3 rings (SSSR count). The number of aliphatic hydroxyl groups is 1. The van der Waals surface area contributed by atoms with Gasteiger partial charge in [-0.25, -0.2) is 4.98 Å². The molecule has 0 bridgehead atoms. The molecule has 0 atom stereocenters. The van der Waals surface area contributed by atoms with Gasteiger partial charge in [-0.2, -0.15) is 4.98 Å². The van der Waals surface area contributed by atoms with Crippen molar-refractivity contribution in [3.05, 3.63) is 60.3 Å². The minimum atomic E-state index is 0.119. The molecular formula is C20H23N5O2. The Morgan fingerprint density at radius 3 is 2.70 bits per heavy atom. The summed E-state index contributed by atoms with van der Waals surface area (Å²) in [6, 6.07) is 15.4. The summed E-state index contributed by atoms with van der Waals surface area (Å²) in [5.74, 6) is 2.01. The molecule has 2 heterocycles. The van der Waals surface area contributed by atoms with Crippen LogP contribution in [0.25, 0.3) is 11.4 Å². The number of benzene rings is 1. The third kappa shape index (κ3) is 5.39. The third-order valence-corrected chi connectivity index (χ3v) is 3.88. The van der Waals surface area contributed by atoms with E-state index in [1.54, 1.807) is 13.3 Å². The molecule has 7 nitrogen and oxygen atoms in total. The molecule has 0 amide bonds. The van der Waals surface area contributed by atoms with Crippen molar-refractivity contribution in [2.45, 2.75) is 13.0 Å². The van der Waals surface area contributed by atoms with Gasteiger partial charge in [-0.15, -0.1) is 0 Å². The fraction of sp³-hybridized carbons (Fsp3) is 0.250. The van der Waals surface area contributed by atoms with Gasteiger partial charge in [0.15, 0.2) is 0 Å². The maximum absolute atomic E-state index is 8.97. The molecule has 1 aromatic carbocycles. The second-order valence-corrected chi connectivity index (χ2v) is 5.89. The van der Waals surface area contributed by atoms with Crippen LogP contribution in [0.1, 0.15) is 12.0 Å². The molecule has 27 heavy (non-hydrogen) atoms. The molecule has 0 saturated carbocycles. The van der Waals surface area contributed by atoms with E-state index in [0.717, 1.165) is 22.7 Å². The lowest BCUT2D eigenvalue weighted by molar-refractivity contribution is 0.292. The average molecular weight is 365 g/mol. The molecule has 2 aromatic heterocycles. The number of anilines is 2. The minimum Gasteiger partial charge on any atom is -0.497 e. The highest BCUT2D eigenvalue weighted by atomic mass is 16.5. The van der Waals surface area contributed by atoms with E-state index in [1.807, 2.05) is 48.5 Å². The summed E-state index contributed by atoms with van der Waals surface area (Å²) in [5.41, 5.74) is 2.59. The number of rotatable bonds is 9. The first-order chi connectivity index (χ1) is 13.3. The van der Waals surface area contributed by atoms with Crippen molar-refractivity contribution in [3.8, 4) is 17.1 Å². The van der Waals surface area contributed by atoms with E-state index in [2.05, 4.69) is 25.6 Å². The number of nitrogens with one attached hydrogen (secondary N) is 2. The Labute approximate surface area is 158 Å². The van der Waals surface area contributed by atoms with Crippen molar-refractivity contribution in [3.63, 3.8) is 0 Å². The zero-order valence-corrected chi connectivity index (χ0v) is 15.2. The fourth-order valence-electron chi connectivity index (χ4n) is 2.52. The predicted octanol–water partition coefficient (Wildman–Crippen LogP) is 2.95. The molecule has 0 fully saturated rings. The Kier molecular flexibility index (Phi) is 6.54. The summed E-state index contributed by atoms with van der Waals surface area (Å²) < 4.78 is 5.27. The van der Waals surface area contributed by atoms with Crippen LogP contribution < -0.4 is 15.4 Å².